The van der Waals surface area contributed by atoms with Crippen LogP contribution in [0.5, 0.6) is 0 Å². The number of hydrogen-bond donors (Lipinski definition) is 1. The summed E-state index contributed by atoms with van der Waals surface area (Å²) in [6, 6.07) is 5.21. The van der Waals surface area contributed by atoms with Gasteiger partial charge in [-0.05, 0) is 25.1 Å². The molecule has 0 aliphatic carbocycles. The Kier molecular flexibility index (Phi) is 5.70. The van der Waals surface area contributed by atoms with E-state index in [9.17, 15) is 4.39 Å². The molecule has 1 N–H and O–H groups in total. The van der Waals surface area contributed by atoms with Crippen molar-refractivity contribution in [2.75, 3.05) is 7.05 Å². The van der Waals surface area contributed by atoms with Gasteiger partial charge in [0.25, 0.3) is 0 Å². The molecule has 0 fully saturated rings. The number of likely N-dealkylation sites (N-methyl/N-ethyl adjacent to an activating group) is 1. The van der Waals surface area contributed by atoms with Gasteiger partial charge in [-0.3, -0.25) is 0 Å². The molecule has 1 aromatic carbocycles. The van der Waals surface area contributed by atoms with Crippen molar-refractivity contribution < 1.29 is 8.91 Å². The van der Waals surface area contributed by atoms with E-state index >= 15 is 0 Å². The summed E-state index contributed by atoms with van der Waals surface area (Å²) in [5.74, 6) is 0.613. The molecular weight excluding hydrogens is 293 g/mol. The normalized spacial score (nSPS) is 12.6. The Balaban J connectivity index is 2.04. The highest BCUT2D eigenvalue weighted by atomic mass is 35.5. The van der Waals surface area contributed by atoms with Crippen LogP contribution in [-0.2, 0) is 12.8 Å². The number of aromatic nitrogens is 2. The molecule has 1 aromatic heterocycles. The van der Waals surface area contributed by atoms with Gasteiger partial charge >= 0.3 is 0 Å². The van der Waals surface area contributed by atoms with Crippen LogP contribution in [-0.4, -0.2) is 23.2 Å². The molecule has 0 aliphatic heterocycles. The van der Waals surface area contributed by atoms with Gasteiger partial charge in [0.1, 0.15) is 5.82 Å². The van der Waals surface area contributed by atoms with Gasteiger partial charge in [0.2, 0.25) is 5.89 Å². The highest BCUT2D eigenvalue weighted by Gasteiger charge is 2.14. The van der Waals surface area contributed by atoms with E-state index in [0.717, 1.165) is 12.8 Å². The van der Waals surface area contributed by atoms with Crippen LogP contribution in [0.15, 0.2) is 22.7 Å². The topological polar surface area (TPSA) is 51.0 Å². The lowest BCUT2D eigenvalue weighted by molar-refractivity contribution is 0.352. The lowest BCUT2D eigenvalue weighted by Gasteiger charge is -2.11. The standard InChI is InChI=1S/C15H19ClFN3O/c1-3-5-11(18-2)9-14-19-13(20-21-14)8-10-6-4-7-12(16)15(10)17/h4,6-7,11,18H,3,5,8-9H2,1-2H3. The van der Waals surface area contributed by atoms with Crippen LogP contribution in [0.3, 0.4) is 0 Å². The fourth-order valence-corrected chi connectivity index (χ4v) is 2.40. The second-order valence-corrected chi connectivity index (χ2v) is 5.38. The van der Waals surface area contributed by atoms with Gasteiger partial charge in [-0.1, -0.05) is 42.2 Å². The van der Waals surface area contributed by atoms with E-state index in [1.165, 1.54) is 6.07 Å². The highest BCUT2D eigenvalue weighted by molar-refractivity contribution is 6.30. The van der Waals surface area contributed by atoms with Crippen LogP contribution >= 0.6 is 11.6 Å². The van der Waals surface area contributed by atoms with Crippen LogP contribution in [0.25, 0.3) is 0 Å². The summed E-state index contributed by atoms with van der Waals surface area (Å²) in [6.45, 7) is 2.13. The first kappa shape index (κ1) is 15.9. The van der Waals surface area contributed by atoms with E-state index in [4.69, 9.17) is 16.1 Å². The Bertz CT molecular complexity index is 588. The molecule has 0 radical (unpaired) electrons. The number of rotatable bonds is 7. The predicted octanol–water partition coefficient (Wildman–Crippen LogP) is 3.38. The third-order valence-electron chi connectivity index (χ3n) is 3.36. The summed E-state index contributed by atoms with van der Waals surface area (Å²) in [4.78, 5) is 4.32. The average molecular weight is 312 g/mol. The SMILES string of the molecule is CCCC(Cc1nc(Cc2cccc(Cl)c2F)no1)NC. The molecule has 2 aromatic rings. The molecule has 1 heterocycles. The van der Waals surface area contributed by atoms with E-state index in [2.05, 4.69) is 22.4 Å². The molecule has 0 saturated heterocycles. The highest BCUT2D eigenvalue weighted by Crippen LogP contribution is 2.19. The molecular formula is C15H19ClFN3O. The van der Waals surface area contributed by atoms with Crippen LogP contribution in [0.4, 0.5) is 4.39 Å². The van der Waals surface area contributed by atoms with Gasteiger partial charge in [0.15, 0.2) is 5.82 Å². The first-order valence-corrected chi connectivity index (χ1v) is 7.43. The van der Waals surface area contributed by atoms with Gasteiger partial charge in [0, 0.05) is 18.9 Å². The van der Waals surface area contributed by atoms with Crippen molar-refractivity contribution in [1.29, 1.82) is 0 Å². The van der Waals surface area contributed by atoms with Gasteiger partial charge in [0.05, 0.1) is 5.02 Å². The van der Waals surface area contributed by atoms with Crippen LogP contribution in [0, 0.1) is 5.82 Å². The number of nitrogens with one attached hydrogen (secondary N) is 1. The van der Waals surface area contributed by atoms with E-state index in [1.54, 1.807) is 12.1 Å². The van der Waals surface area contributed by atoms with Crippen molar-refractivity contribution in [3.8, 4) is 0 Å². The van der Waals surface area contributed by atoms with Crippen molar-refractivity contribution in [1.82, 2.24) is 15.5 Å². The summed E-state index contributed by atoms with van der Waals surface area (Å²) >= 11 is 5.76. The molecule has 1 atom stereocenters. The number of benzene rings is 1. The smallest absolute Gasteiger partial charge is 0.228 e. The molecule has 0 aliphatic rings. The number of nitrogens with zero attached hydrogens (tertiary/aromatic N) is 2. The zero-order valence-corrected chi connectivity index (χ0v) is 13.0. The van der Waals surface area contributed by atoms with Gasteiger partial charge in [-0.25, -0.2) is 4.39 Å². The summed E-state index contributed by atoms with van der Waals surface area (Å²) in [5, 5.41) is 7.23. The van der Waals surface area contributed by atoms with Gasteiger partial charge in [-0.2, -0.15) is 4.98 Å². The molecule has 2 rings (SSSR count). The van der Waals surface area contributed by atoms with Crippen LogP contribution in [0.1, 0.15) is 37.0 Å². The first-order valence-electron chi connectivity index (χ1n) is 7.05. The monoisotopic (exact) mass is 311 g/mol. The third kappa shape index (κ3) is 4.25. The molecule has 0 spiro atoms. The van der Waals surface area contributed by atoms with Crippen molar-refractivity contribution in [2.45, 2.75) is 38.6 Å². The second kappa shape index (κ2) is 7.52. The molecule has 6 heteroatoms. The van der Waals surface area contributed by atoms with Crippen molar-refractivity contribution in [3.63, 3.8) is 0 Å². The zero-order valence-electron chi connectivity index (χ0n) is 12.2. The van der Waals surface area contributed by atoms with Gasteiger partial charge < -0.3 is 9.84 Å². The minimum absolute atomic E-state index is 0.106. The number of halogens is 2. The summed E-state index contributed by atoms with van der Waals surface area (Å²) in [7, 11) is 1.92. The Morgan fingerprint density at radius 3 is 2.95 bits per heavy atom. The molecule has 1 unspecified atom stereocenters. The molecule has 0 bridgehead atoms. The summed E-state index contributed by atoms with van der Waals surface area (Å²) in [6.07, 6.45) is 3.07. The van der Waals surface area contributed by atoms with Crippen molar-refractivity contribution in [2.24, 2.45) is 0 Å². The Morgan fingerprint density at radius 1 is 1.43 bits per heavy atom. The minimum Gasteiger partial charge on any atom is -0.339 e. The van der Waals surface area contributed by atoms with Crippen LogP contribution in [0.2, 0.25) is 5.02 Å². The van der Waals surface area contributed by atoms with Gasteiger partial charge in [-0.15, -0.1) is 0 Å². The average Bonchev–Trinajstić information content (AvgIpc) is 2.91. The molecule has 114 valence electrons. The Morgan fingerprint density at radius 2 is 2.24 bits per heavy atom. The van der Waals surface area contributed by atoms with E-state index in [1.807, 2.05) is 7.05 Å². The molecule has 0 saturated carbocycles. The molecule has 21 heavy (non-hydrogen) atoms. The van der Waals surface area contributed by atoms with Crippen LogP contribution < -0.4 is 5.32 Å². The lowest BCUT2D eigenvalue weighted by atomic mass is 10.1. The maximum atomic E-state index is 13.8. The van der Waals surface area contributed by atoms with E-state index < -0.39 is 5.82 Å². The quantitative estimate of drug-likeness (QED) is 0.851. The van der Waals surface area contributed by atoms with Crippen molar-refractivity contribution >= 4 is 11.6 Å². The summed E-state index contributed by atoms with van der Waals surface area (Å²) < 4.78 is 19.1. The fourth-order valence-electron chi connectivity index (χ4n) is 2.21. The third-order valence-corrected chi connectivity index (χ3v) is 3.65. The first-order chi connectivity index (χ1) is 10.1. The maximum absolute atomic E-state index is 13.8. The Hall–Kier alpha value is -1.46. The summed E-state index contributed by atoms with van der Waals surface area (Å²) in [5.41, 5.74) is 0.466. The molecule has 0 amide bonds. The maximum Gasteiger partial charge on any atom is 0.228 e. The second-order valence-electron chi connectivity index (χ2n) is 4.97. The fraction of sp³-hybridized carbons (Fsp3) is 0.467. The zero-order chi connectivity index (χ0) is 15.2. The molecule has 4 nitrogen and oxygen atoms in total. The van der Waals surface area contributed by atoms with E-state index in [0.29, 0.717) is 29.7 Å². The Labute approximate surface area is 128 Å². The number of hydrogen-bond acceptors (Lipinski definition) is 4. The lowest BCUT2D eigenvalue weighted by Crippen LogP contribution is -2.27. The minimum atomic E-state index is -0.426. The predicted molar refractivity (Wildman–Crippen MR) is 80.0 cm³/mol. The largest absolute Gasteiger partial charge is 0.339 e. The van der Waals surface area contributed by atoms with Crippen molar-refractivity contribution in [3.05, 3.63) is 46.3 Å². The van der Waals surface area contributed by atoms with E-state index in [-0.39, 0.29) is 11.4 Å².